The minimum atomic E-state index is -0.635. The number of rotatable bonds is 4. The standard InChI is InChI=1S/C14H10Cl2N2O4/c1-22-8-5-6-11(12(7-8)18(20)21)17-14(19)13-9(15)3-2-4-10(13)16/h2-7H,1H3,(H,17,19). The molecule has 0 atom stereocenters. The third-order valence-corrected chi connectivity index (χ3v) is 3.47. The van der Waals surface area contributed by atoms with Crippen LogP contribution < -0.4 is 10.1 Å². The molecule has 0 bridgehead atoms. The summed E-state index contributed by atoms with van der Waals surface area (Å²) in [6.07, 6.45) is 0. The second-order valence-electron chi connectivity index (χ2n) is 4.19. The lowest BCUT2D eigenvalue weighted by Crippen LogP contribution is -2.14. The Balaban J connectivity index is 2.38. The third kappa shape index (κ3) is 3.29. The fraction of sp³-hybridized carbons (Fsp3) is 0.0714. The van der Waals surface area contributed by atoms with Crippen LogP contribution >= 0.6 is 23.2 Å². The molecule has 2 rings (SSSR count). The number of nitro groups is 1. The van der Waals surface area contributed by atoms with Crippen molar-refractivity contribution in [1.29, 1.82) is 0 Å². The molecule has 0 saturated carbocycles. The quantitative estimate of drug-likeness (QED) is 0.669. The van der Waals surface area contributed by atoms with Gasteiger partial charge in [0.15, 0.2) is 0 Å². The molecule has 8 heteroatoms. The maximum atomic E-state index is 12.3. The Morgan fingerprint density at radius 3 is 2.41 bits per heavy atom. The second kappa shape index (κ2) is 6.64. The molecule has 0 aliphatic rings. The molecule has 22 heavy (non-hydrogen) atoms. The number of methoxy groups -OCH3 is 1. The number of nitrogens with zero attached hydrogens (tertiary/aromatic N) is 1. The van der Waals surface area contributed by atoms with Gasteiger partial charge in [-0.2, -0.15) is 0 Å². The summed E-state index contributed by atoms with van der Waals surface area (Å²) in [6.45, 7) is 0. The molecule has 114 valence electrons. The van der Waals surface area contributed by atoms with Gasteiger partial charge >= 0.3 is 0 Å². The van der Waals surface area contributed by atoms with E-state index in [1.807, 2.05) is 0 Å². The molecule has 0 aliphatic carbocycles. The maximum Gasteiger partial charge on any atom is 0.296 e. The van der Waals surface area contributed by atoms with Gasteiger partial charge in [0, 0.05) is 0 Å². The van der Waals surface area contributed by atoms with Crippen molar-refractivity contribution in [2.45, 2.75) is 0 Å². The molecular weight excluding hydrogens is 331 g/mol. The maximum absolute atomic E-state index is 12.3. The van der Waals surface area contributed by atoms with Gasteiger partial charge in [-0.3, -0.25) is 14.9 Å². The van der Waals surface area contributed by atoms with Gasteiger partial charge < -0.3 is 10.1 Å². The van der Waals surface area contributed by atoms with Gasteiger partial charge in [0.1, 0.15) is 11.4 Å². The number of ether oxygens (including phenoxy) is 1. The van der Waals surface area contributed by atoms with Crippen LogP contribution in [0.25, 0.3) is 0 Å². The molecule has 0 aliphatic heterocycles. The fourth-order valence-electron chi connectivity index (χ4n) is 1.79. The van der Waals surface area contributed by atoms with Crippen molar-refractivity contribution in [2.24, 2.45) is 0 Å². The fourth-order valence-corrected chi connectivity index (χ4v) is 2.36. The molecular formula is C14H10Cl2N2O4. The first kappa shape index (κ1) is 16.1. The average Bonchev–Trinajstić information content (AvgIpc) is 2.47. The van der Waals surface area contributed by atoms with Crippen molar-refractivity contribution in [3.05, 3.63) is 62.1 Å². The molecule has 0 spiro atoms. The number of anilines is 1. The molecule has 1 N–H and O–H groups in total. The SMILES string of the molecule is COc1ccc(NC(=O)c2c(Cl)cccc2Cl)c([N+](=O)[O-])c1. The zero-order valence-corrected chi connectivity index (χ0v) is 12.8. The van der Waals surface area contributed by atoms with Gasteiger partial charge in [-0.1, -0.05) is 29.3 Å². The topological polar surface area (TPSA) is 81.5 Å². The lowest BCUT2D eigenvalue weighted by Gasteiger charge is -2.09. The lowest BCUT2D eigenvalue weighted by atomic mass is 10.2. The van der Waals surface area contributed by atoms with Crippen molar-refractivity contribution in [2.75, 3.05) is 12.4 Å². The monoisotopic (exact) mass is 340 g/mol. The van der Waals surface area contributed by atoms with E-state index in [4.69, 9.17) is 27.9 Å². The van der Waals surface area contributed by atoms with Crippen molar-refractivity contribution in [3.63, 3.8) is 0 Å². The Hall–Kier alpha value is -2.31. The zero-order chi connectivity index (χ0) is 16.3. The Bertz CT molecular complexity index is 729. The number of hydrogen-bond donors (Lipinski definition) is 1. The van der Waals surface area contributed by atoms with Gasteiger partial charge in [-0.15, -0.1) is 0 Å². The summed E-state index contributed by atoms with van der Waals surface area (Å²) in [5.41, 5.74) is -0.224. The number of hydrogen-bond acceptors (Lipinski definition) is 4. The first-order valence-electron chi connectivity index (χ1n) is 6.02. The van der Waals surface area contributed by atoms with E-state index in [1.54, 1.807) is 6.07 Å². The minimum Gasteiger partial charge on any atom is -0.496 e. The second-order valence-corrected chi connectivity index (χ2v) is 5.01. The Labute approximate surface area is 135 Å². The number of amides is 1. The molecule has 2 aromatic carbocycles. The van der Waals surface area contributed by atoms with Gasteiger partial charge in [-0.25, -0.2) is 0 Å². The lowest BCUT2D eigenvalue weighted by molar-refractivity contribution is -0.384. The highest BCUT2D eigenvalue weighted by Gasteiger charge is 2.20. The predicted octanol–water partition coefficient (Wildman–Crippen LogP) is 4.16. The highest BCUT2D eigenvalue weighted by molar-refractivity contribution is 6.40. The van der Waals surface area contributed by atoms with Crippen molar-refractivity contribution in [1.82, 2.24) is 0 Å². The third-order valence-electron chi connectivity index (χ3n) is 2.84. The van der Waals surface area contributed by atoms with Crippen molar-refractivity contribution < 1.29 is 14.5 Å². The summed E-state index contributed by atoms with van der Waals surface area (Å²) in [7, 11) is 1.39. The minimum absolute atomic E-state index is 0.0202. The van der Waals surface area contributed by atoms with Crippen LogP contribution in [-0.4, -0.2) is 17.9 Å². The summed E-state index contributed by atoms with van der Waals surface area (Å²) < 4.78 is 4.93. The van der Waals surface area contributed by atoms with Crippen LogP contribution in [0.4, 0.5) is 11.4 Å². The van der Waals surface area contributed by atoms with Gasteiger partial charge in [0.25, 0.3) is 11.6 Å². The summed E-state index contributed by atoms with van der Waals surface area (Å²) in [4.78, 5) is 22.7. The number of benzene rings is 2. The number of carbonyl (C=O) groups excluding carboxylic acids is 1. The van der Waals surface area contributed by atoms with Crippen LogP contribution in [0.1, 0.15) is 10.4 Å². The summed E-state index contributed by atoms with van der Waals surface area (Å²) in [5.74, 6) is -0.329. The van der Waals surface area contributed by atoms with Gasteiger partial charge in [0.2, 0.25) is 0 Å². The largest absolute Gasteiger partial charge is 0.496 e. The Morgan fingerprint density at radius 2 is 1.86 bits per heavy atom. The molecule has 2 aromatic rings. The number of nitro benzene ring substituents is 1. The van der Waals surface area contributed by atoms with E-state index < -0.39 is 10.8 Å². The molecule has 6 nitrogen and oxygen atoms in total. The van der Waals surface area contributed by atoms with Gasteiger partial charge in [0.05, 0.1) is 33.7 Å². The summed E-state index contributed by atoms with van der Waals surface area (Å²) in [6, 6.07) is 8.69. The normalized spacial score (nSPS) is 10.1. The van der Waals surface area contributed by atoms with Crippen molar-refractivity contribution >= 4 is 40.5 Å². The highest BCUT2D eigenvalue weighted by Crippen LogP contribution is 2.31. The van der Waals surface area contributed by atoms with E-state index in [1.165, 1.54) is 37.4 Å². The predicted molar refractivity (Wildman–Crippen MR) is 84.1 cm³/mol. The van der Waals surface area contributed by atoms with Crippen LogP contribution in [0.5, 0.6) is 5.75 Å². The molecule has 0 fully saturated rings. The van der Waals surface area contributed by atoms with Crippen LogP contribution in [0.15, 0.2) is 36.4 Å². The Kier molecular flexibility index (Phi) is 4.85. The average molecular weight is 341 g/mol. The molecule has 1 amide bonds. The number of carbonyl (C=O) groups is 1. The van der Waals surface area contributed by atoms with E-state index in [-0.39, 0.29) is 27.0 Å². The molecule has 0 saturated heterocycles. The smallest absolute Gasteiger partial charge is 0.296 e. The highest BCUT2D eigenvalue weighted by atomic mass is 35.5. The zero-order valence-electron chi connectivity index (χ0n) is 11.3. The van der Waals surface area contributed by atoms with E-state index in [9.17, 15) is 14.9 Å². The van der Waals surface area contributed by atoms with Crippen molar-refractivity contribution in [3.8, 4) is 5.75 Å². The summed E-state index contributed by atoms with van der Waals surface area (Å²) >= 11 is 11.9. The van der Waals surface area contributed by atoms with E-state index in [0.717, 1.165) is 0 Å². The number of halogens is 2. The van der Waals surface area contributed by atoms with Crippen LogP contribution in [0.2, 0.25) is 10.0 Å². The Morgan fingerprint density at radius 1 is 1.23 bits per heavy atom. The molecule has 0 heterocycles. The first-order valence-corrected chi connectivity index (χ1v) is 6.77. The van der Waals surface area contributed by atoms with E-state index in [0.29, 0.717) is 5.75 Å². The number of nitrogens with one attached hydrogen (secondary N) is 1. The molecule has 0 aromatic heterocycles. The van der Waals surface area contributed by atoms with Gasteiger partial charge in [-0.05, 0) is 24.3 Å². The summed E-state index contributed by atoms with van der Waals surface area (Å²) in [5, 5.41) is 13.8. The van der Waals surface area contributed by atoms with E-state index in [2.05, 4.69) is 5.32 Å². The van der Waals surface area contributed by atoms with Crippen LogP contribution in [0.3, 0.4) is 0 Å². The van der Waals surface area contributed by atoms with Crippen LogP contribution in [0, 0.1) is 10.1 Å². The molecule has 0 unspecified atom stereocenters. The van der Waals surface area contributed by atoms with E-state index >= 15 is 0 Å². The van der Waals surface area contributed by atoms with Crippen LogP contribution in [-0.2, 0) is 0 Å². The molecule has 0 radical (unpaired) electrons. The first-order chi connectivity index (χ1) is 10.4.